The van der Waals surface area contributed by atoms with E-state index in [1.165, 1.54) is 13.0 Å². The van der Waals surface area contributed by atoms with Crippen LogP contribution in [0.4, 0.5) is 5.69 Å². The second-order valence-corrected chi connectivity index (χ2v) is 5.42. The van der Waals surface area contributed by atoms with Gasteiger partial charge in [-0.3, -0.25) is 9.59 Å². The fraction of sp³-hybridized carbons (Fsp3) is 0.111. The topological polar surface area (TPSA) is 76.9 Å². The number of allylic oxidation sites excluding steroid dienone is 1. The highest BCUT2D eigenvalue weighted by atomic mass is 16.1. The molecule has 1 aromatic heterocycles. The van der Waals surface area contributed by atoms with Crippen LogP contribution in [0.15, 0.2) is 48.5 Å². The van der Waals surface area contributed by atoms with E-state index in [2.05, 4.69) is 15.6 Å². The van der Waals surface area contributed by atoms with Crippen LogP contribution in [0.1, 0.15) is 22.8 Å². The molecule has 0 aliphatic carbocycles. The van der Waals surface area contributed by atoms with Gasteiger partial charge in [0.1, 0.15) is 5.52 Å². The highest BCUT2D eigenvalue weighted by molar-refractivity contribution is 6.07. The van der Waals surface area contributed by atoms with Gasteiger partial charge in [-0.15, -0.1) is 5.10 Å². The van der Waals surface area contributed by atoms with Crippen LogP contribution in [0.5, 0.6) is 0 Å². The number of nitrogens with one attached hydrogen (secondary N) is 1. The van der Waals surface area contributed by atoms with Gasteiger partial charge >= 0.3 is 0 Å². The number of hydrogen-bond acceptors (Lipinski definition) is 4. The molecule has 6 nitrogen and oxygen atoms in total. The van der Waals surface area contributed by atoms with E-state index in [1.54, 1.807) is 35.0 Å². The Morgan fingerprint density at radius 2 is 2.00 bits per heavy atom. The highest BCUT2D eigenvalue weighted by Crippen LogP contribution is 2.15. The normalized spacial score (nSPS) is 11.1. The summed E-state index contributed by atoms with van der Waals surface area (Å²) >= 11 is 0. The number of anilines is 1. The lowest BCUT2D eigenvalue weighted by molar-refractivity contribution is -0.114. The summed E-state index contributed by atoms with van der Waals surface area (Å²) in [7, 11) is 1.83. The van der Waals surface area contributed by atoms with E-state index in [-0.39, 0.29) is 11.7 Å². The second-order valence-electron chi connectivity index (χ2n) is 5.42. The highest BCUT2D eigenvalue weighted by Gasteiger charge is 2.05. The first-order chi connectivity index (χ1) is 11.5. The molecule has 0 saturated heterocycles. The van der Waals surface area contributed by atoms with Gasteiger partial charge in [0.15, 0.2) is 5.78 Å². The Morgan fingerprint density at radius 3 is 2.79 bits per heavy atom. The molecule has 0 fully saturated rings. The minimum Gasteiger partial charge on any atom is -0.326 e. The summed E-state index contributed by atoms with van der Waals surface area (Å²) in [5.41, 5.74) is 3.69. The van der Waals surface area contributed by atoms with E-state index >= 15 is 0 Å². The smallest absolute Gasteiger partial charge is 0.221 e. The van der Waals surface area contributed by atoms with Crippen molar-refractivity contribution in [1.82, 2.24) is 15.0 Å². The zero-order chi connectivity index (χ0) is 17.1. The Bertz CT molecular complexity index is 957. The molecule has 0 bridgehead atoms. The molecule has 1 heterocycles. The molecule has 2 aromatic carbocycles. The van der Waals surface area contributed by atoms with Crippen LogP contribution in [0.25, 0.3) is 17.1 Å². The third-order valence-corrected chi connectivity index (χ3v) is 3.53. The van der Waals surface area contributed by atoms with Crippen molar-refractivity contribution >= 4 is 34.5 Å². The Balaban J connectivity index is 1.80. The van der Waals surface area contributed by atoms with E-state index in [4.69, 9.17) is 0 Å². The maximum atomic E-state index is 12.3. The van der Waals surface area contributed by atoms with E-state index in [0.717, 1.165) is 16.6 Å². The van der Waals surface area contributed by atoms with Crippen LogP contribution in [0.2, 0.25) is 0 Å². The standard InChI is InChI=1S/C18H16N4O2/c1-12(23)19-15-5-3-4-14(11-15)18(24)9-7-13-6-8-17-16(10-13)20-21-22(17)2/h3-11H,1-2H3,(H,19,23). The van der Waals surface area contributed by atoms with Gasteiger partial charge in [-0.2, -0.15) is 0 Å². The number of aromatic nitrogens is 3. The lowest BCUT2D eigenvalue weighted by Gasteiger charge is -2.03. The first-order valence-electron chi connectivity index (χ1n) is 7.42. The monoisotopic (exact) mass is 320 g/mol. The summed E-state index contributed by atoms with van der Waals surface area (Å²) < 4.78 is 1.70. The van der Waals surface area contributed by atoms with Crippen molar-refractivity contribution in [3.05, 3.63) is 59.7 Å². The average molecular weight is 320 g/mol. The minimum atomic E-state index is -0.174. The summed E-state index contributed by atoms with van der Waals surface area (Å²) in [6.07, 6.45) is 3.24. The third-order valence-electron chi connectivity index (χ3n) is 3.53. The number of nitrogens with zero attached hydrogens (tertiary/aromatic N) is 3. The first-order valence-corrected chi connectivity index (χ1v) is 7.42. The quantitative estimate of drug-likeness (QED) is 0.592. The largest absolute Gasteiger partial charge is 0.326 e. The molecule has 1 amide bonds. The molecule has 3 rings (SSSR count). The number of ketones is 1. The number of carbonyl (C=O) groups excluding carboxylic acids is 2. The van der Waals surface area contributed by atoms with Crippen molar-refractivity contribution in [2.75, 3.05) is 5.32 Å². The maximum absolute atomic E-state index is 12.3. The van der Waals surface area contributed by atoms with Gasteiger partial charge in [-0.25, -0.2) is 4.68 Å². The Morgan fingerprint density at radius 1 is 1.17 bits per heavy atom. The van der Waals surface area contributed by atoms with Crippen LogP contribution in [0, 0.1) is 0 Å². The van der Waals surface area contributed by atoms with E-state index < -0.39 is 0 Å². The summed E-state index contributed by atoms with van der Waals surface area (Å²) in [4.78, 5) is 23.4. The van der Waals surface area contributed by atoms with Crippen molar-refractivity contribution < 1.29 is 9.59 Å². The molecule has 0 aliphatic heterocycles. The van der Waals surface area contributed by atoms with Gasteiger partial charge in [-0.1, -0.05) is 29.5 Å². The number of rotatable bonds is 4. The fourth-order valence-corrected chi connectivity index (χ4v) is 2.38. The molecule has 0 atom stereocenters. The van der Waals surface area contributed by atoms with E-state index in [0.29, 0.717) is 11.3 Å². The Kier molecular flexibility index (Phi) is 4.20. The van der Waals surface area contributed by atoms with Crippen molar-refractivity contribution in [3.63, 3.8) is 0 Å². The first kappa shape index (κ1) is 15.6. The van der Waals surface area contributed by atoms with Crippen LogP contribution < -0.4 is 5.32 Å². The third kappa shape index (κ3) is 3.38. The molecular formula is C18H16N4O2. The molecule has 0 unspecified atom stereocenters. The van der Waals surface area contributed by atoms with Gasteiger partial charge in [0.2, 0.25) is 5.91 Å². The molecule has 6 heteroatoms. The predicted molar refractivity (Wildman–Crippen MR) is 92.6 cm³/mol. The zero-order valence-electron chi connectivity index (χ0n) is 13.4. The number of amides is 1. The number of benzene rings is 2. The van der Waals surface area contributed by atoms with Gasteiger partial charge in [0.25, 0.3) is 0 Å². The molecule has 24 heavy (non-hydrogen) atoms. The van der Waals surface area contributed by atoms with Crippen LogP contribution in [-0.4, -0.2) is 26.7 Å². The van der Waals surface area contributed by atoms with Crippen molar-refractivity contribution in [3.8, 4) is 0 Å². The lowest BCUT2D eigenvalue weighted by atomic mass is 10.1. The SMILES string of the molecule is CC(=O)Nc1cccc(C(=O)C=Cc2ccc3c(c2)nnn3C)c1. The molecular weight excluding hydrogens is 304 g/mol. The van der Waals surface area contributed by atoms with E-state index in [1.807, 2.05) is 25.2 Å². The molecule has 0 aliphatic rings. The number of aryl methyl sites for hydroxylation is 1. The molecule has 3 aromatic rings. The van der Waals surface area contributed by atoms with Crippen molar-refractivity contribution in [2.24, 2.45) is 7.05 Å². The van der Waals surface area contributed by atoms with Gasteiger partial charge < -0.3 is 5.32 Å². The zero-order valence-corrected chi connectivity index (χ0v) is 13.4. The minimum absolute atomic E-state index is 0.138. The fourth-order valence-electron chi connectivity index (χ4n) is 2.38. The lowest BCUT2D eigenvalue weighted by Crippen LogP contribution is -2.06. The molecule has 1 N–H and O–H groups in total. The van der Waals surface area contributed by atoms with Gasteiger partial charge in [0, 0.05) is 25.2 Å². The molecule has 0 spiro atoms. The molecule has 0 saturated carbocycles. The number of fused-ring (bicyclic) bond motifs is 1. The van der Waals surface area contributed by atoms with Gasteiger partial charge in [-0.05, 0) is 35.9 Å². The van der Waals surface area contributed by atoms with Crippen LogP contribution in [0.3, 0.4) is 0 Å². The molecule has 120 valence electrons. The summed E-state index contributed by atoms with van der Waals surface area (Å²) in [6, 6.07) is 12.5. The maximum Gasteiger partial charge on any atom is 0.221 e. The number of carbonyl (C=O) groups is 2. The number of hydrogen-bond donors (Lipinski definition) is 1. The van der Waals surface area contributed by atoms with E-state index in [9.17, 15) is 9.59 Å². The average Bonchev–Trinajstić information content (AvgIpc) is 2.93. The Hall–Kier alpha value is -3.28. The summed E-state index contributed by atoms with van der Waals surface area (Å²) in [5, 5.41) is 10.7. The predicted octanol–water partition coefficient (Wildman–Crippen LogP) is 2.82. The van der Waals surface area contributed by atoms with Crippen LogP contribution in [-0.2, 0) is 11.8 Å². The van der Waals surface area contributed by atoms with Crippen LogP contribution >= 0.6 is 0 Å². The molecule has 0 radical (unpaired) electrons. The summed E-state index contributed by atoms with van der Waals surface area (Å²) in [6.45, 7) is 1.43. The van der Waals surface area contributed by atoms with Crippen molar-refractivity contribution in [2.45, 2.75) is 6.92 Å². The summed E-state index contributed by atoms with van der Waals surface area (Å²) in [5.74, 6) is -0.311. The van der Waals surface area contributed by atoms with Gasteiger partial charge in [0.05, 0.1) is 5.52 Å². The second kappa shape index (κ2) is 6.45. The Labute approximate surface area is 138 Å². The van der Waals surface area contributed by atoms with Crippen molar-refractivity contribution in [1.29, 1.82) is 0 Å².